The monoisotopic (exact) mass is 350 g/mol. The molecule has 4 nitrogen and oxygen atoms in total. The Morgan fingerprint density at radius 2 is 1.76 bits per heavy atom. The van der Waals surface area contributed by atoms with E-state index < -0.39 is 0 Å². The van der Waals surface area contributed by atoms with Crippen LogP contribution in [0.4, 0.5) is 5.95 Å². The topological polar surface area (TPSA) is 55.0 Å². The van der Waals surface area contributed by atoms with Gasteiger partial charge in [-0.05, 0) is 11.6 Å². The van der Waals surface area contributed by atoms with Crippen molar-refractivity contribution in [2.24, 2.45) is 0 Å². The molecule has 1 aliphatic heterocycles. The normalized spacial score (nSPS) is 14.3. The van der Waals surface area contributed by atoms with E-state index in [1.54, 1.807) is 0 Å². The van der Waals surface area contributed by atoms with Gasteiger partial charge in [-0.2, -0.15) is 0 Å². The second kappa shape index (κ2) is 6.82. The number of hydrogen-bond donors (Lipinski definition) is 1. The molecule has 0 unspecified atom stereocenters. The summed E-state index contributed by atoms with van der Waals surface area (Å²) in [6.07, 6.45) is 0.867. The number of halogens is 1. The second-order valence-electron chi connectivity index (χ2n) is 6.28. The summed E-state index contributed by atoms with van der Waals surface area (Å²) in [4.78, 5) is 11.4. The van der Waals surface area contributed by atoms with Crippen LogP contribution in [0, 0.1) is 0 Å². The highest BCUT2D eigenvalue weighted by Crippen LogP contribution is 2.33. The molecule has 0 amide bonds. The molecule has 0 spiro atoms. The molecule has 126 valence electrons. The van der Waals surface area contributed by atoms with Gasteiger partial charge in [-0.3, -0.25) is 4.90 Å². The Hall–Kier alpha value is -2.43. The van der Waals surface area contributed by atoms with Gasteiger partial charge in [0, 0.05) is 42.2 Å². The number of nitrogens with zero attached hydrogens (tertiary/aromatic N) is 3. The number of rotatable bonds is 3. The summed E-state index contributed by atoms with van der Waals surface area (Å²) in [7, 11) is 0. The van der Waals surface area contributed by atoms with Crippen LogP contribution in [0.5, 0.6) is 0 Å². The lowest BCUT2D eigenvalue weighted by Crippen LogP contribution is -2.31. The van der Waals surface area contributed by atoms with Crippen LogP contribution >= 0.6 is 11.6 Å². The van der Waals surface area contributed by atoms with Crippen molar-refractivity contribution < 1.29 is 0 Å². The molecule has 0 saturated carbocycles. The summed E-state index contributed by atoms with van der Waals surface area (Å²) in [5.74, 6) is 0.310. The molecule has 3 aromatic rings. The summed E-state index contributed by atoms with van der Waals surface area (Å²) in [6.45, 7) is 2.66. The minimum absolute atomic E-state index is 0.310. The lowest BCUT2D eigenvalue weighted by Gasteiger charge is -2.29. The summed E-state index contributed by atoms with van der Waals surface area (Å²) in [6, 6.07) is 18.3. The van der Waals surface area contributed by atoms with Gasteiger partial charge in [0.1, 0.15) is 0 Å². The minimum atomic E-state index is 0.310. The average Bonchev–Trinajstić information content (AvgIpc) is 2.63. The molecule has 1 aromatic heterocycles. The van der Waals surface area contributed by atoms with Crippen molar-refractivity contribution in [2.75, 3.05) is 12.3 Å². The van der Waals surface area contributed by atoms with E-state index in [2.05, 4.69) is 39.1 Å². The van der Waals surface area contributed by atoms with Crippen LogP contribution in [-0.4, -0.2) is 21.4 Å². The zero-order chi connectivity index (χ0) is 17.2. The number of hydrogen-bond acceptors (Lipinski definition) is 4. The van der Waals surface area contributed by atoms with E-state index in [4.69, 9.17) is 17.3 Å². The van der Waals surface area contributed by atoms with Crippen molar-refractivity contribution >= 4 is 17.5 Å². The Kier molecular flexibility index (Phi) is 4.38. The number of aromatic nitrogens is 2. The summed E-state index contributed by atoms with van der Waals surface area (Å²) < 4.78 is 0. The second-order valence-corrected chi connectivity index (χ2v) is 6.69. The highest BCUT2D eigenvalue weighted by atomic mass is 35.5. The van der Waals surface area contributed by atoms with Gasteiger partial charge in [0.2, 0.25) is 5.95 Å². The SMILES string of the molecule is Nc1nc2c(c(-c3ccccc3Cl)n1)CN(Cc1ccccc1)CC2. The first-order chi connectivity index (χ1) is 12.2. The molecule has 0 atom stereocenters. The largest absolute Gasteiger partial charge is 0.368 e. The predicted octanol–water partition coefficient (Wildman–Crippen LogP) is 3.94. The van der Waals surface area contributed by atoms with Crippen molar-refractivity contribution in [1.82, 2.24) is 14.9 Å². The van der Waals surface area contributed by atoms with Crippen LogP contribution in [0.1, 0.15) is 16.8 Å². The predicted molar refractivity (Wildman–Crippen MR) is 101 cm³/mol. The van der Waals surface area contributed by atoms with E-state index in [1.165, 1.54) is 5.56 Å². The Labute approximate surface area is 152 Å². The van der Waals surface area contributed by atoms with Crippen LogP contribution in [0.3, 0.4) is 0 Å². The highest BCUT2D eigenvalue weighted by molar-refractivity contribution is 6.33. The van der Waals surface area contributed by atoms with E-state index in [-0.39, 0.29) is 0 Å². The lowest BCUT2D eigenvalue weighted by atomic mass is 9.99. The van der Waals surface area contributed by atoms with Crippen molar-refractivity contribution in [3.05, 3.63) is 76.4 Å². The summed E-state index contributed by atoms with van der Waals surface area (Å²) in [5, 5.41) is 0.683. The molecule has 0 bridgehead atoms. The number of nitrogen functional groups attached to an aromatic ring is 1. The average molecular weight is 351 g/mol. The Bertz CT molecular complexity index is 895. The third-order valence-electron chi connectivity index (χ3n) is 4.53. The van der Waals surface area contributed by atoms with Gasteiger partial charge in [0.05, 0.1) is 11.4 Å². The van der Waals surface area contributed by atoms with Crippen LogP contribution in [0.15, 0.2) is 54.6 Å². The molecule has 25 heavy (non-hydrogen) atoms. The van der Waals surface area contributed by atoms with Crippen molar-refractivity contribution in [3.63, 3.8) is 0 Å². The molecule has 0 radical (unpaired) electrons. The maximum Gasteiger partial charge on any atom is 0.220 e. The molecule has 0 saturated heterocycles. The fourth-order valence-corrected chi connectivity index (χ4v) is 3.57. The minimum Gasteiger partial charge on any atom is -0.368 e. The fourth-order valence-electron chi connectivity index (χ4n) is 3.34. The van der Waals surface area contributed by atoms with E-state index >= 15 is 0 Å². The molecule has 2 N–H and O–H groups in total. The van der Waals surface area contributed by atoms with Crippen LogP contribution in [-0.2, 0) is 19.5 Å². The van der Waals surface area contributed by atoms with Crippen molar-refractivity contribution in [3.8, 4) is 11.3 Å². The molecule has 0 fully saturated rings. The Morgan fingerprint density at radius 3 is 2.56 bits per heavy atom. The summed E-state index contributed by atoms with van der Waals surface area (Å²) in [5.41, 5.74) is 11.2. The maximum atomic E-state index is 6.40. The van der Waals surface area contributed by atoms with E-state index in [0.29, 0.717) is 11.0 Å². The third-order valence-corrected chi connectivity index (χ3v) is 4.86. The van der Waals surface area contributed by atoms with Gasteiger partial charge >= 0.3 is 0 Å². The number of fused-ring (bicyclic) bond motifs is 1. The van der Waals surface area contributed by atoms with Crippen LogP contribution in [0.25, 0.3) is 11.3 Å². The first-order valence-corrected chi connectivity index (χ1v) is 8.75. The standard InChI is InChI=1S/C20H19ClN4/c21-17-9-5-4-8-15(17)19-16-13-25(12-14-6-2-1-3-7-14)11-10-18(16)23-20(22)24-19/h1-9H,10-13H2,(H2,22,23,24). The van der Waals surface area contributed by atoms with Gasteiger partial charge in [-0.25, -0.2) is 9.97 Å². The smallest absolute Gasteiger partial charge is 0.220 e. The lowest BCUT2D eigenvalue weighted by molar-refractivity contribution is 0.243. The van der Waals surface area contributed by atoms with E-state index in [1.807, 2.05) is 30.3 Å². The molecule has 0 aliphatic carbocycles. The molecule has 2 aromatic carbocycles. The Balaban J connectivity index is 1.70. The Morgan fingerprint density at radius 1 is 1.00 bits per heavy atom. The van der Waals surface area contributed by atoms with Gasteiger partial charge in [0.15, 0.2) is 0 Å². The molecular weight excluding hydrogens is 332 g/mol. The first-order valence-electron chi connectivity index (χ1n) is 8.37. The number of nitrogens with two attached hydrogens (primary N) is 1. The van der Waals surface area contributed by atoms with Crippen LogP contribution in [0.2, 0.25) is 5.02 Å². The van der Waals surface area contributed by atoms with Gasteiger partial charge in [-0.1, -0.05) is 60.1 Å². The van der Waals surface area contributed by atoms with Crippen LogP contribution < -0.4 is 5.73 Å². The third kappa shape index (κ3) is 3.36. The molecular formula is C20H19ClN4. The molecule has 2 heterocycles. The summed E-state index contributed by atoms with van der Waals surface area (Å²) >= 11 is 6.40. The van der Waals surface area contributed by atoms with Gasteiger partial charge in [0.25, 0.3) is 0 Å². The zero-order valence-electron chi connectivity index (χ0n) is 13.8. The first kappa shape index (κ1) is 16.1. The molecule has 1 aliphatic rings. The quantitative estimate of drug-likeness (QED) is 0.777. The molecule has 4 rings (SSSR count). The number of anilines is 1. The van der Waals surface area contributed by atoms with Crippen molar-refractivity contribution in [2.45, 2.75) is 19.5 Å². The van der Waals surface area contributed by atoms with Gasteiger partial charge in [-0.15, -0.1) is 0 Å². The fraction of sp³-hybridized carbons (Fsp3) is 0.200. The highest BCUT2D eigenvalue weighted by Gasteiger charge is 2.23. The maximum absolute atomic E-state index is 6.40. The van der Waals surface area contributed by atoms with E-state index in [0.717, 1.165) is 48.6 Å². The van der Waals surface area contributed by atoms with Gasteiger partial charge < -0.3 is 5.73 Å². The van der Waals surface area contributed by atoms with E-state index in [9.17, 15) is 0 Å². The zero-order valence-corrected chi connectivity index (χ0v) is 14.6. The van der Waals surface area contributed by atoms with Crippen molar-refractivity contribution in [1.29, 1.82) is 0 Å². The molecule has 5 heteroatoms. The number of benzene rings is 2.